The molecule has 0 unspecified atom stereocenters. The standard InChI is InChI=1S/C20H32N4O/c1-16(2)14-23-12-8-18(9-13-23)22-20(25)17-6-5-11-24(15-17)19-7-3-4-10-21-19/h3-4,7,10,16-18H,5-6,8-9,11-15H2,1-2H3,(H,22,25)/t17-/m1/s1. The predicted octanol–water partition coefficient (Wildman–Crippen LogP) is 2.53. The maximum absolute atomic E-state index is 12.7. The van der Waals surface area contributed by atoms with Crippen LogP contribution in [0, 0.1) is 11.8 Å². The van der Waals surface area contributed by atoms with E-state index < -0.39 is 0 Å². The van der Waals surface area contributed by atoms with Gasteiger partial charge in [0.1, 0.15) is 5.82 Å². The van der Waals surface area contributed by atoms with Gasteiger partial charge in [-0.15, -0.1) is 0 Å². The van der Waals surface area contributed by atoms with E-state index in [2.05, 4.69) is 33.9 Å². The minimum absolute atomic E-state index is 0.0875. The third-order valence-corrected chi connectivity index (χ3v) is 5.32. The molecule has 2 fully saturated rings. The summed E-state index contributed by atoms with van der Waals surface area (Å²) in [6.07, 6.45) is 6.02. The molecule has 2 saturated heterocycles. The van der Waals surface area contributed by atoms with Crippen molar-refractivity contribution >= 4 is 11.7 Å². The third-order valence-electron chi connectivity index (χ3n) is 5.32. The highest BCUT2D eigenvalue weighted by molar-refractivity contribution is 5.79. The molecule has 0 saturated carbocycles. The first-order chi connectivity index (χ1) is 12.1. The van der Waals surface area contributed by atoms with Gasteiger partial charge < -0.3 is 15.1 Å². The second-order valence-corrected chi connectivity index (χ2v) is 7.95. The normalized spacial score (nSPS) is 23.0. The van der Waals surface area contributed by atoms with Crippen LogP contribution in [0.5, 0.6) is 0 Å². The van der Waals surface area contributed by atoms with Crippen molar-refractivity contribution < 1.29 is 4.79 Å². The molecule has 1 N–H and O–H groups in total. The first-order valence-electron chi connectivity index (χ1n) is 9.80. The Kier molecular flexibility index (Phi) is 6.29. The maximum Gasteiger partial charge on any atom is 0.225 e. The lowest BCUT2D eigenvalue weighted by molar-refractivity contribution is -0.126. The predicted molar refractivity (Wildman–Crippen MR) is 102 cm³/mol. The summed E-state index contributed by atoms with van der Waals surface area (Å²) in [5, 5.41) is 3.32. The highest BCUT2D eigenvalue weighted by Crippen LogP contribution is 2.22. The van der Waals surface area contributed by atoms with Gasteiger partial charge in [-0.2, -0.15) is 0 Å². The molecular formula is C20H32N4O. The summed E-state index contributed by atoms with van der Waals surface area (Å²) in [5.74, 6) is 2.03. The molecule has 2 aliphatic rings. The van der Waals surface area contributed by atoms with E-state index in [-0.39, 0.29) is 11.8 Å². The van der Waals surface area contributed by atoms with Gasteiger partial charge in [-0.05, 0) is 43.7 Å². The number of hydrogen-bond acceptors (Lipinski definition) is 4. The Morgan fingerprint density at radius 2 is 2.04 bits per heavy atom. The van der Waals surface area contributed by atoms with Gasteiger partial charge in [0.2, 0.25) is 5.91 Å². The van der Waals surface area contributed by atoms with Crippen LogP contribution in [0.4, 0.5) is 5.82 Å². The number of nitrogens with one attached hydrogen (secondary N) is 1. The Morgan fingerprint density at radius 3 is 2.72 bits per heavy atom. The Bertz CT molecular complexity index is 540. The molecule has 0 aliphatic carbocycles. The zero-order valence-electron chi connectivity index (χ0n) is 15.7. The van der Waals surface area contributed by atoms with Gasteiger partial charge >= 0.3 is 0 Å². The van der Waals surface area contributed by atoms with Crippen molar-refractivity contribution in [3.63, 3.8) is 0 Å². The summed E-state index contributed by atoms with van der Waals surface area (Å²) in [7, 11) is 0. The van der Waals surface area contributed by atoms with Crippen LogP contribution in [0.2, 0.25) is 0 Å². The summed E-state index contributed by atoms with van der Waals surface area (Å²) in [6, 6.07) is 6.33. The van der Waals surface area contributed by atoms with E-state index in [1.807, 2.05) is 24.4 Å². The van der Waals surface area contributed by atoms with Crippen LogP contribution in [-0.4, -0.2) is 54.6 Å². The minimum atomic E-state index is 0.0875. The molecule has 3 heterocycles. The topological polar surface area (TPSA) is 48.5 Å². The number of aromatic nitrogens is 1. The minimum Gasteiger partial charge on any atom is -0.356 e. The monoisotopic (exact) mass is 344 g/mol. The van der Waals surface area contributed by atoms with E-state index in [0.717, 1.165) is 57.7 Å². The number of rotatable bonds is 5. The second-order valence-electron chi connectivity index (χ2n) is 7.95. The van der Waals surface area contributed by atoms with Gasteiger partial charge in [0.25, 0.3) is 0 Å². The van der Waals surface area contributed by atoms with Gasteiger partial charge in [0.05, 0.1) is 5.92 Å². The lowest BCUT2D eigenvalue weighted by atomic mass is 9.95. The fourth-order valence-electron chi connectivity index (χ4n) is 4.04. The fraction of sp³-hybridized carbons (Fsp3) is 0.700. The van der Waals surface area contributed by atoms with Gasteiger partial charge in [0, 0.05) is 45.0 Å². The second kappa shape index (κ2) is 8.65. The Morgan fingerprint density at radius 1 is 1.24 bits per heavy atom. The summed E-state index contributed by atoms with van der Waals surface area (Å²) in [5.41, 5.74) is 0. The molecule has 0 spiro atoms. The highest BCUT2D eigenvalue weighted by Gasteiger charge is 2.29. The Hall–Kier alpha value is -1.62. The molecule has 1 aromatic heterocycles. The summed E-state index contributed by atoms with van der Waals surface area (Å²) in [6.45, 7) is 9.70. The number of amides is 1. The van der Waals surface area contributed by atoms with Crippen molar-refractivity contribution in [3.05, 3.63) is 24.4 Å². The van der Waals surface area contributed by atoms with Gasteiger partial charge in [0.15, 0.2) is 0 Å². The molecule has 1 amide bonds. The number of pyridine rings is 1. The summed E-state index contributed by atoms with van der Waals surface area (Å²) in [4.78, 5) is 21.9. The number of anilines is 1. The zero-order chi connectivity index (χ0) is 17.6. The van der Waals surface area contributed by atoms with Crippen molar-refractivity contribution in [1.82, 2.24) is 15.2 Å². The number of carbonyl (C=O) groups excluding carboxylic acids is 1. The smallest absolute Gasteiger partial charge is 0.225 e. The zero-order valence-corrected chi connectivity index (χ0v) is 15.7. The van der Waals surface area contributed by atoms with Gasteiger partial charge in [-0.1, -0.05) is 19.9 Å². The third kappa shape index (κ3) is 5.18. The lowest BCUT2D eigenvalue weighted by Gasteiger charge is -2.36. The molecule has 3 rings (SSSR count). The van der Waals surface area contributed by atoms with Crippen LogP contribution < -0.4 is 10.2 Å². The van der Waals surface area contributed by atoms with Crippen molar-refractivity contribution in [2.75, 3.05) is 37.6 Å². The number of carbonyl (C=O) groups is 1. The van der Waals surface area contributed by atoms with E-state index in [1.165, 1.54) is 6.54 Å². The van der Waals surface area contributed by atoms with E-state index >= 15 is 0 Å². The Labute approximate surface area is 151 Å². The average Bonchev–Trinajstić information content (AvgIpc) is 2.64. The highest BCUT2D eigenvalue weighted by atomic mass is 16.2. The molecule has 0 radical (unpaired) electrons. The molecule has 0 aromatic carbocycles. The van der Waals surface area contributed by atoms with Crippen LogP contribution in [0.3, 0.4) is 0 Å². The van der Waals surface area contributed by atoms with Crippen LogP contribution in [0.15, 0.2) is 24.4 Å². The molecule has 138 valence electrons. The van der Waals surface area contributed by atoms with Crippen LogP contribution in [-0.2, 0) is 4.79 Å². The molecule has 0 bridgehead atoms. The van der Waals surface area contributed by atoms with Gasteiger partial charge in [-0.3, -0.25) is 4.79 Å². The van der Waals surface area contributed by atoms with E-state index in [4.69, 9.17) is 0 Å². The van der Waals surface area contributed by atoms with Crippen molar-refractivity contribution in [2.24, 2.45) is 11.8 Å². The van der Waals surface area contributed by atoms with E-state index in [9.17, 15) is 4.79 Å². The first kappa shape index (κ1) is 18.2. The lowest BCUT2D eigenvalue weighted by Crippen LogP contribution is -2.49. The number of nitrogens with zero attached hydrogens (tertiary/aromatic N) is 3. The van der Waals surface area contributed by atoms with Crippen molar-refractivity contribution in [1.29, 1.82) is 0 Å². The molecule has 5 nitrogen and oxygen atoms in total. The first-order valence-corrected chi connectivity index (χ1v) is 9.80. The van der Waals surface area contributed by atoms with E-state index in [0.29, 0.717) is 12.0 Å². The van der Waals surface area contributed by atoms with E-state index in [1.54, 1.807) is 0 Å². The molecule has 25 heavy (non-hydrogen) atoms. The summed E-state index contributed by atoms with van der Waals surface area (Å²) >= 11 is 0. The number of likely N-dealkylation sites (tertiary alicyclic amines) is 1. The molecule has 2 aliphatic heterocycles. The van der Waals surface area contributed by atoms with Gasteiger partial charge in [-0.25, -0.2) is 4.98 Å². The maximum atomic E-state index is 12.7. The molecular weight excluding hydrogens is 312 g/mol. The molecule has 5 heteroatoms. The van der Waals surface area contributed by atoms with Crippen LogP contribution >= 0.6 is 0 Å². The molecule has 1 atom stereocenters. The van der Waals surface area contributed by atoms with Crippen molar-refractivity contribution in [3.8, 4) is 0 Å². The summed E-state index contributed by atoms with van der Waals surface area (Å²) < 4.78 is 0. The quantitative estimate of drug-likeness (QED) is 0.892. The number of hydrogen-bond donors (Lipinski definition) is 1. The average molecular weight is 345 g/mol. The van der Waals surface area contributed by atoms with Crippen molar-refractivity contribution in [2.45, 2.75) is 45.6 Å². The fourth-order valence-corrected chi connectivity index (χ4v) is 4.04. The van der Waals surface area contributed by atoms with Crippen LogP contribution in [0.1, 0.15) is 39.5 Å². The molecule has 1 aromatic rings. The van der Waals surface area contributed by atoms with Crippen LogP contribution in [0.25, 0.3) is 0 Å². The largest absolute Gasteiger partial charge is 0.356 e. The number of piperidine rings is 2. The Balaban J connectivity index is 1.47. The SMILES string of the molecule is CC(C)CN1CCC(NC(=O)[C@@H]2CCCN(c3ccccn3)C2)CC1.